The fourth-order valence-electron chi connectivity index (χ4n) is 1.23. The molecule has 0 aliphatic carbocycles. The van der Waals surface area contributed by atoms with E-state index in [1.165, 1.54) is 51.4 Å². The van der Waals surface area contributed by atoms with E-state index in [4.69, 9.17) is 11.6 Å². The first-order valence-corrected chi connectivity index (χ1v) is 5.51. The second-order valence-corrected chi connectivity index (χ2v) is 3.54. The number of hydrogen-bond acceptors (Lipinski definition) is 0. The summed E-state index contributed by atoms with van der Waals surface area (Å²) in [5.74, 6) is 0.842. The first kappa shape index (κ1) is 15.5. The molecule has 0 aliphatic rings. The van der Waals surface area contributed by atoms with Gasteiger partial charge in [-0.15, -0.1) is 11.6 Å². The van der Waals surface area contributed by atoms with Gasteiger partial charge in [0.1, 0.15) is 0 Å². The molecular weight excluding hydrogens is 180 g/mol. The average Bonchev–Trinajstić information content (AvgIpc) is 2.03. The van der Waals surface area contributed by atoms with Crippen molar-refractivity contribution in [1.82, 2.24) is 0 Å². The molecule has 0 aromatic carbocycles. The van der Waals surface area contributed by atoms with Crippen molar-refractivity contribution in [3.8, 4) is 0 Å². The zero-order valence-corrected chi connectivity index (χ0v) is 10.6. The Kier molecular flexibility index (Phi) is 18.9. The van der Waals surface area contributed by atoms with Gasteiger partial charge in [0.25, 0.3) is 0 Å². The Hall–Kier alpha value is 1.06. The minimum absolute atomic E-state index is 0. The molecule has 0 amide bonds. The molecule has 0 bridgehead atoms. The number of rotatable bonds is 8. The molecule has 0 saturated heterocycles. The van der Waals surface area contributed by atoms with Crippen LogP contribution in [0.15, 0.2) is 0 Å². The summed E-state index contributed by atoms with van der Waals surface area (Å²) in [5.41, 5.74) is 0. The molecule has 0 heterocycles. The smallest absolute Gasteiger partial charge is 1.00 e. The van der Waals surface area contributed by atoms with Crippen LogP contribution in [0.2, 0.25) is 0 Å². The van der Waals surface area contributed by atoms with Gasteiger partial charge >= 0.3 is 23.1 Å². The Balaban J connectivity index is -0.000000167. The van der Waals surface area contributed by atoms with Gasteiger partial charge in [-0.25, -0.2) is 0 Å². The van der Waals surface area contributed by atoms with E-state index in [0.29, 0.717) is 0 Å². The molecule has 0 aromatic rings. The van der Waals surface area contributed by atoms with Crippen molar-refractivity contribution in [3.63, 3.8) is 0 Å². The Bertz CT molecular complexity index is 67.1. The van der Waals surface area contributed by atoms with Crippen LogP contribution in [0.25, 0.3) is 0 Å². The van der Waals surface area contributed by atoms with Gasteiger partial charge in [-0.05, 0) is 6.42 Å². The van der Waals surface area contributed by atoms with Crippen LogP contribution in [0.1, 0.15) is 61.1 Å². The van der Waals surface area contributed by atoms with Crippen LogP contribution in [0, 0.1) is 0 Å². The molecule has 0 unspecified atom stereocenters. The zero-order valence-electron chi connectivity index (χ0n) is 10.4. The summed E-state index contributed by atoms with van der Waals surface area (Å²) in [6.45, 7) is 2.26. The van der Waals surface area contributed by atoms with Gasteiger partial charge in [0.15, 0.2) is 0 Å². The quantitative estimate of drug-likeness (QED) is 0.315. The Morgan fingerprint density at radius 3 is 1.67 bits per heavy atom. The molecule has 0 nitrogen and oxygen atoms in total. The number of unbranched alkanes of at least 4 members (excludes halogenated alkanes) is 7. The van der Waals surface area contributed by atoms with E-state index in [1.807, 2.05) is 0 Å². The summed E-state index contributed by atoms with van der Waals surface area (Å²) in [4.78, 5) is 0. The van der Waals surface area contributed by atoms with E-state index < -0.39 is 0 Å². The third-order valence-corrected chi connectivity index (χ3v) is 2.25. The first-order valence-electron chi connectivity index (χ1n) is 4.97. The Morgan fingerprint density at radius 2 is 1.25 bits per heavy atom. The van der Waals surface area contributed by atoms with Crippen molar-refractivity contribution in [2.75, 3.05) is 5.88 Å². The van der Waals surface area contributed by atoms with E-state index in [1.54, 1.807) is 0 Å². The normalized spacial score (nSPS) is 9.50. The standard InChI is InChI=1S/C10H21Cl.Mg.2H/c1-2-3-4-5-6-7-8-9-10-11;;;/h2-10H2,1H3;;;/q;+2;2*-1. The second-order valence-electron chi connectivity index (χ2n) is 3.16. The monoisotopic (exact) mass is 202 g/mol. The van der Waals surface area contributed by atoms with Gasteiger partial charge in [-0.3, -0.25) is 0 Å². The fraction of sp³-hybridized carbons (Fsp3) is 1.00. The number of halogens is 1. The molecule has 2 heteroatoms. The predicted molar refractivity (Wildman–Crippen MR) is 61.3 cm³/mol. The minimum atomic E-state index is 0. The molecule has 72 valence electrons. The maximum atomic E-state index is 5.56. The van der Waals surface area contributed by atoms with Gasteiger partial charge in [0.05, 0.1) is 0 Å². The first-order chi connectivity index (χ1) is 5.41. The van der Waals surface area contributed by atoms with Crippen LogP contribution >= 0.6 is 11.6 Å². The van der Waals surface area contributed by atoms with Crippen LogP contribution in [0.4, 0.5) is 0 Å². The van der Waals surface area contributed by atoms with E-state index in [9.17, 15) is 0 Å². The van der Waals surface area contributed by atoms with Crippen LogP contribution in [-0.2, 0) is 0 Å². The summed E-state index contributed by atoms with van der Waals surface area (Å²) in [5, 5.41) is 0. The van der Waals surface area contributed by atoms with Crippen molar-refractivity contribution >= 4 is 34.7 Å². The summed E-state index contributed by atoms with van der Waals surface area (Å²) in [6.07, 6.45) is 10.9. The molecule has 12 heavy (non-hydrogen) atoms. The molecule has 0 radical (unpaired) electrons. The van der Waals surface area contributed by atoms with Crippen LogP contribution < -0.4 is 0 Å². The van der Waals surface area contributed by atoms with Crippen LogP contribution in [-0.4, -0.2) is 28.9 Å². The Morgan fingerprint density at radius 1 is 0.833 bits per heavy atom. The number of alkyl halides is 1. The van der Waals surface area contributed by atoms with Gasteiger partial charge in [-0.2, -0.15) is 0 Å². The molecule has 0 aromatic heterocycles. The largest absolute Gasteiger partial charge is 2.00 e. The molecule has 0 rings (SSSR count). The zero-order chi connectivity index (χ0) is 8.36. The van der Waals surface area contributed by atoms with Crippen LogP contribution in [0.3, 0.4) is 0 Å². The second kappa shape index (κ2) is 14.6. The fourth-order valence-corrected chi connectivity index (χ4v) is 1.42. The third-order valence-electron chi connectivity index (χ3n) is 1.99. The molecular formula is C10H23ClMg. The SMILES string of the molecule is CCCCCCCCCCCl.[H-].[H-].[Mg+2]. The minimum Gasteiger partial charge on any atom is -1.00 e. The van der Waals surface area contributed by atoms with E-state index >= 15 is 0 Å². The van der Waals surface area contributed by atoms with Crippen molar-refractivity contribution in [2.24, 2.45) is 0 Å². The Labute approximate surface area is 102 Å². The summed E-state index contributed by atoms with van der Waals surface area (Å²) < 4.78 is 0. The van der Waals surface area contributed by atoms with Crippen molar-refractivity contribution < 1.29 is 2.85 Å². The topological polar surface area (TPSA) is 0 Å². The van der Waals surface area contributed by atoms with Crippen molar-refractivity contribution in [3.05, 3.63) is 0 Å². The average molecular weight is 203 g/mol. The van der Waals surface area contributed by atoms with Gasteiger partial charge in [-0.1, -0.05) is 51.9 Å². The molecule has 0 spiro atoms. The van der Waals surface area contributed by atoms with E-state index in [-0.39, 0.29) is 25.9 Å². The van der Waals surface area contributed by atoms with Gasteiger partial charge in [0.2, 0.25) is 0 Å². The molecule has 0 atom stereocenters. The molecule has 0 aliphatic heterocycles. The summed E-state index contributed by atoms with van der Waals surface area (Å²) >= 11 is 5.56. The third kappa shape index (κ3) is 13.6. The summed E-state index contributed by atoms with van der Waals surface area (Å²) in [6, 6.07) is 0. The van der Waals surface area contributed by atoms with Crippen molar-refractivity contribution in [2.45, 2.75) is 58.3 Å². The van der Waals surface area contributed by atoms with Crippen molar-refractivity contribution in [1.29, 1.82) is 0 Å². The molecule has 0 fully saturated rings. The number of hydrogen-bond donors (Lipinski definition) is 0. The molecule has 0 N–H and O–H groups in total. The maximum absolute atomic E-state index is 5.56. The van der Waals surface area contributed by atoms with Gasteiger partial charge in [0, 0.05) is 5.88 Å². The van der Waals surface area contributed by atoms with Gasteiger partial charge < -0.3 is 2.85 Å². The van der Waals surface area contributed by atoms with Crippen LogP contribution in [0.5, 0.6) is 0 Å². The van der Waals surface area contributed by atoms with E-state index in [2.05, 4.69) is 6.92 Å². The maximum Gasteiger partial charge on any atom is 2.00 e. The molecule has 0 saturated carbocycles. The predicted octanol–water partition coefficient (Wildman–Crippen LogP) is 4.21. The summed E-state index contributed by atoms with van der Waals surface area (Å²) in [7, 11) is 0. The van der Waals surface area contributed by atoms with E-state index in [0.717, 1.165) is 5.88 Å².